The van der Waals surface area contributed by atoms with Gasteiger partial charge in [0.25, 0.3) is 0 Å². The number of amides is 2. The normalized spacial score (nSPS) is 14.6. The summed E-state index contributed by atoms with van der Waals surface area (Å²) in [5, 5.41) is 13.3. The minimum Gasteiger partial charge on any atom is -0.480 e. The standard InChI is InChI=1S/C10H17F3N2O3S/c1-3-6(2)7(8(16)17)15-9(18)14-4-5-19-10(11,12)13/h6-7H,3-5H2,1-2H3,(H,16,17)(H2,14,15,18)/t6-,7-/m0/s1. The van der Waals surface area contributed by atoms with E-state index in [0.717, 1.165) is 0 Å². The highest BCUT2D eigenvalue weighted by atomic mass is 32.2. The van der Waals surface area contributed by atoms with Crippen molar-refractivity contribution < 1.29 is 27.9 Å². The Kier molecular flexibility index (Phi) is 7.65. The number of rotatable bonds is 7. The van der Waals surface area contributed by atoms with Gasteiger partial charge in [-0.15, -0.1) is 0 Å². The number of carboxylic acid groups (broad SMARTS) is 1. The summed E-state index contributed by atoms with van der Waals surface area (Å²) < 4.78 is 35.4. The highest BCUT2D eigenvalue weighted by molar-refractivity contribution is 8.00. The summed E-state index contributed by atoms with van der Waals surface area (Å²) in [5.74, 6) is -1.76. The Labute approximate surface area is 113 Å². The van der Waals surface area contributed by atoms with E-state index >= 15 is 0 Å². The molecule has 112 valence electrons. The molecule has 0 unspecified atom stereocenters. The minimum absolute atomic E-state index is 0.192. The van der Waals surface area contributed by atoms with Crippen LogP contribution in [0, 0.1) is 5.92 Å². The van der Waals surface area contributed by atoms with Gasteiger partial charge in [-0.05, 0) is 17.7 Å². The number of hydrogen-bond acceptors (Lipinski definition) is 3. The first kappa shape index (κ1) is 17.9. The molecule has 0 spiro atoms. The number of carbonyl (C=O) groups excluding carboxylic acids is 1. The van der Waals surface area contributed by atoms with Crippen LogP contribution in [0.25, 0.3) is 0 Å². The summed E-state index contributed by atoms with van der Waals surface area (Å²) in [7, 11) is 0. The van der Waals surface area contributed by atoms with Gasteiger partial charge in [0.1, 0.15) is 6.04 Å². The number of carboxylic acids is 1. The molecule has 19 heavy (non-hydrogen) atoms. The van der Waals surface area contributed by atoms with Gasteiger partial charge in [0, 0.05) is 12.3 Å². The van der Waals surface area contributed by atoms with E-state index in [1.165, 1.54) is 0 Å². The molecule has 0 heterocycles. The summed E-state index contributed by atoms with van der Waals surface area (Å²) in [6.45, 7) is 3.25. The second-order valence-electron chi connectivity index (χ2n) is 3.90. The van der Waals surface area contributed by atoms with Crippen molar-refractivity contribution in [1.82, 2.24) is 10.6 Å². The van der Waals surface area contributed by atoms with Crippen LogP contribution in [0.1, 0.15) is 20.3 Å². The van der Waals surface area contributed by atoms with Crippen LogP contribution in [0.4, 0.5) is 18.0 Å². The molecule has 3 N–H and O–H groups in total. The number of nitrogens with one attached hydrogen (secondary N) is 2. The molecule has 5 nitrogen and oxygen atoms in total. The van der Waals surface area contributed by atoms with E-state index in [9.17, 15) is 22.8 Å². The van der Waals surface area contributed by atoms with Crippen LogP contribution in [0.15, 0.2) is 0 Å². The lowest BCUT2D eigenvalue weighted by Crippen LogP contribution is -2.49. The molecule has 0 saturated heterocycles. The summed E-state index contributed by atoms with van der Waals surface area (Å²) in [6, 6.07) is -1.84. The van der Waals surface area contributed by atoms with Crippen LogP contribution in [0.2, 0.25) is 0 Å². The predicted octanol–water partition coefficient (Wildman–Crippen LogP) is 2.04. The number of alkyl halides is 3. The van der Waals surface area contributed by atoms with E-state index in [-0.39, 0.29) is 30.0 Å². The van der Waals surface area contributed by atoms with Crippen LogP contribution >= 0.6 is 11.8 Å². The van der Waals surface area contributed by atoms with Crippen molar-refractivity contribution in [2.24, 2.45) is 5.92 Å². The zero-order valence-corrected chi connectivity index (χ0v) is 11.4. The Morgan fingerprint density at radius 1 is 1.37 bits per heavy atom. The van der Waals surface area contributed by atoms with Crippen LogP contribution in [0.3, 0.4) is 0 Å². The Balaban J connectivity index is 4.04. The van der Waals surface area contributed by atoms with Gasteiger partial charge in [-0.2, -0.15) is 13.2 Å². The minimum atomic E-state index is -4.33. The Bertz CT molecular complexity index is 313. The first-order valence-electron chi connectivity index (χ1n) is 5.65. The van der Waals surface area contributed by atoms with Gasteiger partial charge in [-0.1, -0.05) is 20.3 Å². The average molecular weight is 302 g/mol. The molecule has 0 bridgehead atoms. The van der Waals surface area contributed by atoms with E-state index in [1.807, 2.05) is 0 Å². The first-order chi connectivity index (χ1) is 8.67. The monoisotopic (exact) mass is 302 g/mol. The maximum absolute atomic E-state index is 11.8. The average Bonchev–Trinajstić information content (AvgIpc) is 2.29. The first-order valence-corrected chi connectivity index (χ1v) is 6.63. The fourth-order valence-corrected chi connectivity index (χ4v) is 1.64. The topological polar surface area (TPSA) is 78.4 Å². The Morgan fingerprint density at radius 2 is 1.95 bits per heavy atom. The molecule has 0 aromatic heterocycles. The lowest BCUT2D eigenvalue weighted by Gasteiger charge is -2.20. The van der Waals surface area contributed by atoms with Crippen molar-refractivity contribution in [2.45, 2.75) is 31.8 Å². The quantitative estimate of drug-likeness (QED) is 0.629. The van der Waals surface area contributed by atoms with Gasteiger partial charge in [-0.25, -0.2) is 9.59 Å². The number of urea groups is 1. The fraction of sp³-hybridized carbons (Fsp3) is 0.800. The van der Waals surface area contributed by atoms with Gasteiger partial charge in [0.15, 0.2) is 0 Å². The number of carbonyl (C=O) groups is 2. The predicted molar refractivity (Wildman–Crippen MR) is 65.9 cm³/mol. The smallest absolute Gasteiger partial charge is 0.441 e. The number of aliphatic carboxylic acids is 1. The van der Waals surface area contributed by atoms with Gasteiger partial charge in [-0.3, -0.25) is 0 Å². The van der Waals surface area contributed by atoms with E-state index < -0.39 is 23.6 Å². The molecule has 0 radical (unpaired) electrons. The molecule has 2 amide bonds. The zero-order chi connectivity index (χ0) is 15.1. The van der Waals surface area contributed by atoms with Gasteiger partial charge < -0.3 is 15.7 Å². The second kappa shape index (κ2) is 8.13. The van der Waals surface area contributed by atoms with E-state index in [1.54, 1.807) is 13.8 Å². The van der Waals surface area contributed by atoms with Crippen molar-refractivity contribution in [3.05, 3.63) is 0 Å². The number of halogens is 3. The molecule has 0 aromatic rings. The third-order valence-corrected chi connectivity index (χ3v) is 3.15. The van der Waals surface area contributed by atoms with Crippen molar-refractivity contribution in [1.29, 1.82) is 0 Å². The molecular formula is C10H17F3N2O3S. The van der Waals surface area contributed by atoms with Gasteiger partial charge in [0.2, 0.25) is 0 Å². The molecule has 0 saturated carbocycles. The van der Waals surface area contributed by atoms with Crippen molar-refractivity contribution in [3.63, 3.8) is 0 Å². The van der Waals surface area contributed by atoms with E-state index in [0.29, 0.717) is 6.42 Å². The number of thioether (sulfide) groups is 1. The van der Waals surface area contributed by atoms with Crippen LogP contribution in [-0.4, -0.2) is 41.0 Å². The van der Waals surface area contributed by atoms with E-state index in [2.05, 4.69) is 10.6 Å². The highest BCUT2D eigenvalue weighted by Gasteiger charge is 2.28. The number of hydrogen-bond donors (Lipinski definition) is 3. The molecule has 0 aliphatic heterocycles. The molecule has 2 atom stereocenters. The molecule has 0 aliphatic carbocycles. The highest BCUT2D eigenvalue weighted by Crippen LogP contribution is 2.29. The SMILES string of the molecule is CC[C@H](C)[C@H](NC(=O)NCCSC(F)(F)F)C(=O)O. The molecular weight excluding hydrogens is 285 g/mol. The Morgan fingerprint density at radius 3 is 2.37 bits per heavy atom. The molecule has 0 aliphatic rings. The molecule has 0 rings (SSSR count). The molecule has 0 aromatic carbocycles. The summed E-state index contributed by atoms with van der Waals surface area (Å²) in [5.41, 5.74) is -4.33. The Hall–Kier alpha value is -1.12. The molecule has 0 fully saturated rings. The van der Waals surface area contributed by atoms with Crippen molar-refractivity contribution >= 4 is 23.8 Å². The molecule has 9 heteroatoms. The summed E-state index contributed by atoms with van der Waals surface area (Å²) >= 11 is -0.247. The maximum atomic E-state index is 11.8. The third-order valence-electron chi connectivity index (χ3n) is 2.42. The van der Waals surface area contributed by atoms with Crippen molar-refractivity contribution in [3.8, 4) is 0 Å². The van der Waals surface area contributed by atoms with Crippen LogP contribution in [-0.2, 0) is 4.79 Å². The van der Waals surface area contributed by atoms with E-state index in [4.69, 9.17) is 5.11 Å². The zero-order valence-electron chi connectivity index (χ0n) is 10.6. The van der Waals surface area contributed by atoms with Gasteiger partial charge >= 0.3 is 17.5 Å². The van der Waals surface area contributed by atoms with Crippen molar-refractivity contribution in [2.75, 3.05) is 12.3 Å². The largest absolute Gasteiger partial charge is 0.480 e. The lowest BCUT2D eigenvalue weighted by atomic mass is 9.99. The summed E-state index contributed by atoms with van der Waals surface area (Å²) in [6.07, 6.45) is 0.557. The van der Waals surface area contributed by atoms with Gasteiger partial charge in [0.05, 0.1) is 0 Å². The second-order valence-corrected chi connectivity index (χ2v) is 5.06. The summed E-state index contributed by atoms with van der Waals surface area (Å²) in [4.78, 5) is 22.2. The maximum Gasteiger partial charge on any atom is 0.441 e. The van der Waals surface area contributed by atoms with Crippen LogP contribution < -0.4 is 10.6 Å². The lowest BCUT2D eigenvalue weighted by molar-refractivity contribution is -0.140. The fourth-order valence-electron chi connectivity index (χ4n) is 1.21. The third kappa shape index (κ3) is 8.57. The van der Waals surface area contributed by atoms with Crippen LogP contribution in [0.5, 0.6) is 0 Å².